The summed E-state index contributed by atoms with van der Waals surface area (Å²) < 4.78 is 10.5. The first-order chi connectivity index (χ1) is 8.59. The van der Waals surface area contributed by atoms with E-state index >= 15 is 0 Å². The summed E-state index contributed by atoms with van der Waals surface area (Å²) in [6.07, 6.45) is 1.92. The molecule has 0 radical (unpaired) electrons. The Morgan fingerprint density at radius 1 is 1.39 bits per heavy atom. The van der Waals surface area contributed by atoms with Crippen molar-refractivity contribution in [2.45, 2.75) is 25.3 Å². The molecule has 1 aromatic carbocycles. The molecule has 1 aromatic rings. The number of fused-ring (bicyclic) bond motifs is 1. The van der Waals surface area contributed by atoms with Crippen LogP contribution in [0, 0.1) is 5.92 Å². The van der Waals surface area contributed by atoms with Gasteiger partial charge in [-0.2, -0.15) is 0 Å². The van der Waals surface area contributed by atoms with E-state index < -0.39 is 11.5 Å². The number of nitrogens with one attached hydrogen (secondary N) is 1. The Morgan fingerprint density at radius 3 is 2.78 bits per heavy atom. The first kappa shape index (κ1) is 11.2. The number of hydrogen-bond donors (Lipinski definition) is 2. The predicted octanol–water partition coefficient (Wildman–Crippen LogP) is 2.08. The zero-order valence-electron chi connectivity index (χ0n) is 10.1. The minimum absolute atomic E-state index is 0.195. The molecule has 0 spiro atoms. The third-order valence-corrected chi connectivity index (χ3v) is 3.61. The minimum Gasteiger partial charge on any atom is -0.480 e. The van der Waals surface area contributed by atoms with Crippen LogP contribution < -0.4 is 14.8 Å². The smallest absolute Gasteiger partial charge is 0.329 e. The lowest BCUT2D eigenvalue weighted by atomic mass is 9.95. The van der Waals surface area contributed by atoms with E-state index in [1.54, 1.807) is 19.1 Å². The second-order valence-electron chi connectivity index (χ2n) is 4.97. The zero-order chi connectivity index (χ0) is 12.8. The summed E-state index contributed by atoms with van der Waals surface area (Å²) in [5.74, 6) is 0.732. The van der Waals surface area contributed by atoms with Gasteiger partial charge < -0.3 is 19.9 Å². The van der Waals surface area contributed by atoms with E-state index in [1.165, 1.54) is 0 Å². The maximum absolute atomic E-state index is 11.4. The third-order valence-electron chi connectivity index (χ3n) is 3.61. The number of carboxylic acid groups (broad SMARTS) is 1. The van der Waals surface area contributed by atoms with Gasteiger partial charge in [0.25, 0.3) is 0 Å². The highest BCUT2D eigenvalue weighted by Gasteiger charge is 2.47. The third kappa shape index (κ3) is 1.75. The number of aliphatic carboxylic acids is 1. The molecule has 3 rings (SSSR count). The molecule has 1 heterocycles. The maximum atomic E-state index is 11.4. The average Bonchev–Trinajstić information content (AvgIpc) is 3.09. The van der Waals surface area contributed by atoms with Crippen LogP contribution in [0.1, 0.15) is 19.8 Å². The van der Waals surface area contributed by atoms with Crippen LogP contribution in [-0.2, 0) is 4.79 Å². The van der Waals surface area contributed by atoms with Crippen molar-refractivity contribution in [2.24, 2.45) is 5.92 Å². The van der Waals surface area contributed by atoms with Crippen molar-refractivity contribution in [1.29, 1.82) is 0 Å². The van der Waals surface area contributed by atoms with E-state index in [2.05, 4.69) is 5.32 Å². The maximum Gasteiger partial charge on any atom is 0.329 e. The van der Waals surface area contributed by atoms with Crippen molar-refractivity contribution in [3.63, 3.8) is 0 Å². The fraction of sp³-hybridized carbons (Fsp3) is 0.462. The number of rotatable bonds is 4. The lowest BCUT2D eigenvalue weighted by Crippen LogP contribution is -2.45. The highest BCUT2D eigenvalue weighted by atomic mass is 16.7. The molecule has 96 valence electrons. The molecule has 0 aromatic heterocycles. The number of carbonyl (C=O) groups is 1. The van der Waals surface area contributed by atoms with Crippen LogP contribution in [0.25, 0.3) is 0 Å². The zero-order valence-corrected chi connectivity index (χ0v) is 10.1. The Kier molecular flexibility index (Phi) is 2.36. The van der Waals surface area contributed by atoms with Crippen LogP contribution in [0.5, 0.6) is 11.5 Å². The van der Waals surface area contributed by atoms with Crippen LogP contribution in [0.4, 0.5) is 5.69 Å². The molecule has 1 aliphatic heterocycles. The van der Waals surface area contributed by atoms with Gasteiger partial charge in [-0.05, 0) is 37.8 Å². The number of ether oxygens (including phenoxy) is 2. The van der Waals surface area contributed by atoms with Gasteiger partial charge >= 0.3 is 5.97 Å². The Labute approximate surface area is 105 Å². The van der Waals surface area contributed by atoms with Crippen molar-refractivity contribution in [3.05, 3.63) is 18.2 Å². The highest BCUT2D eigenvalue weighted by Crippen LogP contribution is 2.43. The molecule has 1 aliphatic carbocycles. The molecule has 5 nitrogen and oxygen atoms in total. The summed E-state index contributed by atoms with van der Waals surface area (Å²) >= 11 is 0. The van der Waals surface area contributed by atoms with Gasteiger partial charge in [0.2, 0.25) is 6.79 Å². The van der Waals surface area contributed by atoms with Crippen LogP contribution in [0.3, 0.4) is 0 Å². The van der Waals surface area contributed by atoms with Gasteiger partial charge in [-0.25, -0.2) is 4.79 Å². The quantitative estimate of drug-likeness (QED) is 0.855. The van der Waals surface area contributed by atoms with E-state index in [1.807, 2.05) is 6.07 Å². The van der Waals surface area contributed by atoms with Crippen LogP contribution in [0.15, 0.2) is 18.2 Å². The summed E-state index contributed by atoms with van der Waals surface area (Å²) in [7, 11) is 0. The lowest BCUT2D eigenvalue weighted by Gasteiger charge is -2.27. The molecule has 0 saturated heterocycles. The standard InChI is InChI=1S/C13H15NO4/c1-13(12(15)16,8-2-3-8)14-9-4-5-10-11(6-9)18-7-17-10/h4-6,8,14H,2-3,7H2,1H3,(H,15,16). The van der Waals surface area contributed by atoms with Crippen LogP contribution >= 0.6 is 0 Å². The Hall–Kier alpha value is -1.91. The summed E-state index contributed by atoms with van der Waals surface area (Å²) in [6.45, 7) is 1.95. The topological polar surface area (TPSA) is 67.8 Å². The fourth-order valence-corrected chi connectivity index (χ4v) is 2.26. The number of hydrogen-bond acceptors (Lipinski definition) is 4. The molecule has 5 heteroatoms. The molecule has 0 amide bonds. The van der Waals surface area contributed by atoms with E-state index in [0.717, 1.165) is 18.5 Å². The second-order valence-corrected chi connectivity index (χ2v) is 4.97. The summed E-state index contributed by atoms with van der Waals surface area (Å²) in [5, 5.41) is 12.5. The number of benzene rings is 1. The molecular weight excluding hydrogens is 234 g/mol. The van der Waals surface area contributed by atoms with Crippen molar-refractivity contribution < 1.29 is 19.4 Å². The Bertz CT molecular complexity index is 498. The van der Waals surface area contributed by atoms with Gasteiger partial charge in [-0.3, -0.25) is 0 Å². The average molecular weight is 249 g/mol. The van der Waals surface area contributed by atoms with Crippen molar-refractivity contribution in [2.75, 3.05) is 12.1 Å². The Balaban J connectivity index is 1.85. The predicted molar refractivity (Wildman–Crippen MR) is 65.0 cm³/mol. The number of carboxylic acids is 1. The van der Waals surface area contributed by atoms with Crippen LogP contribution in [-0.4, -0.2) is 23.4 Å². The monoisotopic (exact) mass is 249 g/mol. The highest BCUT2D eigenvalue weighted by molar-refractivity contribution is 5.83. The molecular formula is C13H15NO4. The van der Waals surface area contributed by atoms with Gasteiger partial charge in [0.1, 0.15) is 5.54 Å². The number of anilines is 1. The largest absolute Gasteiger partial charge is 0.480 e. The first-order valence-electron chi connectivity index (χ1n) is 6.01. The molecule has 2 N–H and O–H groups in total. The molecule has 0 bridgehead atoms. The van der Waals surface area contributed by atoms with Gasteiger partial charge in [-0.15, -0.1) is 0 Å². The molecule has 1 atom stereocenters. The lowest BCUT2D eigenvalue weighted by molar-refractivity contribution is -0.142. The van der Waals surface area contributed by atoms with Crippen LogP contribution in [0.2, 0.25) is 0 Å². The molecule has 1 unspecified atom stereocenters. The fourth-order valence-electron chi connectivity index (χ4n) is 2.26. The van der Waals surface area contributed by atoms with Gasteiger partial charge in [-0.1, -0.05) is 0 Å². The molecule has 1 fully saturated rings. The van der Waals surface area contributed by atoms with E-state index in [0.29, 0.717) is 11.5 Å². The van der Waals surface area contributed by atoms with Crippen molar-refractivity contribution in [3.8, 4) is 11.5 Å². The van der Waals surface area contributed by atoms with Gasteiger partial charge in [0.05, 0.1) is 0 Å². The second kappa shape index (κ2) is 3.80. The van der Waals surface area contributed by atoms with E-state index in [9.17, 15) is 9.90 Å². The first-order valence-corrected chi connectivity index (χ1v) is 6.01. The SMILES string of the molecule is CC(Nc1ccc2c(c1)OCO2)(C(=O)O)C1CC1. The summed E-state index contributed by atoms with van der Waals surface area (Å²) in [4.78, 5) is 11.4. The molecule has 18 heavy (non-hydrogen) atoms. The van der Waals surface area contributed by atoms with Gasteiger partial charge in [0.15, 0.2) is 11.5 Å². The summed E-state index contributed by atoms with van der Waals surface area (Å²) in [6, 6.07) is 5.39. The van der Waals surface area contributed by atoms with E-state index in [-0.39, 0.29) is 12.7 Å². The molecule has 1 saturated carbocycles. The minimum atomic E-state index is -0.909. The normalized spacial score (nSPS) is 20.3. The van der Waals surface area contributed by atoms with E-state index in [4.69, 9.17) is 9.47 Å². The Morgan fingerprint density at radius 2 is 2.11 bits per heavy atom. The molecule has 2 aliphatic rings. The van der Waals surface area contributed by atoms with Crippen molar-refractivity contribution >= 4 is 11.7 Å². The van der Waals surface area contributed by atoms with Crippen molar-refractivity contribution in [1.82, 2.24) is 0 Å². The van der Waals surface area contributed by atoms with Gasteiger partial charge in [0, 0.05) is 11.8 Å². The summed E-state index contributed by atoms with van der Waals surface area (Å²) in [5.41, 5.74) is -0.163.